The molecule has 5 nitrogen and oxygen atoms in total. The molecule has 3 rings (SSSR count). The van der Waals surface area contributed by atoms with Gasteiger partial charge in [0.25, 0.3) is 5.91 Å². The maximum atomic E-state index is 12.3. The van der Waals surface area contributed by atoms with E-state index in [1.165, 1.54) is 0 Å². The predicted molar refractivity (Wildman–Crippen MR) is 123 cm³/mol. The quantitative estimate of drug-likeness (QED) is 0.448. The van der Waals surface area contributed by atoms with Gasteiger partial charge in [-0.05, 0) is 61.9 Å². The minimum atomic E-state index is -0.278. The van der Waals surface area contributed by atoms with E-state index in [2.05, 4.69) is 36.9 Å². The van der Waals surface area contributed by atoms with Crippen molar-refractivity contribution in [3.63, 3.8) is 0 Å². The van der Waals surface area contributed by atoms with Crippen LogP contribution >= 0.6 is 39.0 Å². The summed E-state index contributed by atoms with van der Waals surface area (Å²) in [6.45, 7) is 3.81. The molecule has 0 atom stereocenters. The summed E-state index contributed by atoms with van der Waals surface area (Å²) in [6, 6.07) is 12.9. The maximum absolute atomic E-state index is 12.3. The molecule has 3 aromatic rings. The maximum Gasteiger partial charge on any atom is 0.251 e. The lowest BCUT2D eigenvalue weighted by molar-refractivity contribution is -0.115. The number of thiazole rings is 1. The summed E-state index contributed by atoms with van der Waals surface area (Å²) < 4.78 is 0.949. The van der Waals surface area contributed by atoms with E-state index in [9.17, 15) is 9.59 Å². The number of anilines is 1. The smallest absolute Gasteiger partial charge is 0.251 e. The number of amides is 2. The van der Waals surface area contributed by atoms with E-state index in [0.29, 0.717) is 5.56 Å². The van der Waals surface area contributed by atoms with Gasteiger partial charge in [-0.15, -0.1) is 23.1 Å². The first-order valence-corrected chi connectivity index (χ1v) is 11.5. The molecule has 0 fully saturated rings. The normalized spacial score (nSPS) is 10.6. The molecule has 2 aromatic carbocycles. The Morgan fingerprint density at radius 1 is 1.14 bits per heavy atom. The number of hydrogen-bond donors (Lipinski definition) is 2. The summed E-state index contributed by atoms with van der Waals surface area (Å²) in [4.78, 5) is 29.9. The number of rotatable bonds is 7. The van der Waals surface area contributed by atoms with E-state index in [0.717, 1.165) is 37.1 Å². The van der Waals surface area contributed by atoms with Crippen molar-refractivity contribution in [3.05, 3.63) is 74.1 Å². The molecular formula is C21H20BrN3O2S2. The van der Waals surface area contributed by atoms with Crippen molar-refractivity contribution in [3.8, 4) is 0 Å². The first kappa shape index (κ1) is 21.5. The van der Waals surface area contributed by atoms with Crippen LogP contribution in [-0.2, 0) is 10.5 Å². The largest absolute Gasteiger partial charge is 0.343 e. The third-order valence-electron chi connectivity index (χ3n) is 4.04. The second-order valence-electron chi connectivity index (χ2n) is 6.36. The standard InChI is InChI=1S/C21H20BrN3O2S2/c1-13-9-16(22)5-8-19(13)25-20(26)10-23-21(27)15-3-6-18(7-4-15)29-12-17-11-28-14(2)24-17/h3-9,11H,10,12H2,1-2H3,(H,23,27)(H,25,26). The first-order chi connectivity index (χ1) is 13.9. The Kier molecular flexibility index (Phi) is 7.46. The van der Waals surface area contributed by atoms with Gasteiger partial charge >= 0.3 is 0 Å². The molecule has 2 amide bonds. The van der Waals surface area contributed by atoms with Crippen molar-refractivity contribution < 1.29 is 9.59 Å². The van der Waals surface area contributed by atoms with Gasteiger partial charge in [-0.3, -0.25) is 9.59 Å². The number of thioether (sulfide) groups is 1. The molecule has 1 aromatic heterocycles. The number of benzene rings is 2. The number of carbonyl (C=O) groups excluding carboxylic acids is 2. The molecule has 8 heteroatoms. The Hall–Kier alpha value is -2.16. The molecule has 150 valence electrons. The van der Waals surface area contributed by atoms with Crippen molar-refractivity contribution in [2.75, 3.05) is 11.9 Å². The topological polar surface area (TPSA) is 71.1 Å². The van der Waals surface area contributed by atoms with Gasteiger partial charge in [0.2, 0.25) is 5.91 Å². The van der Waals surface area contributed by atoms with Crippen LogP contribution in [0.4, 0.5) is 5.69 Å². The highest BCUT2D eigenvalue weighted by Gasteiger charge is 2.10. The zero-order valence-electron chi connectivity index (χ0n) is 16.0. The van der Waals surface area contributed by atoms with Crippen LogP contribution < -0.4 is 10.6 Å². The van der Waals surface area contributed by atoms with Gasteiger partial charge in [0, 0.05) is 31.8 Å². The molecule has 0 aliphatic rings. The van der Waals surface area contributed by atoms with Crippen LogP contribution in [0.3, 0.4) is 0 Å². The number of nitrogens with zero attached hydrogens (tertiary/aromatic N) is 1. The van der Waals surface area contributed by atoms with Gasteiger partial charge in [0.15, 0.2) is 0 Å². The number of aromatic nitrogens is 1. The van der Waals surface area contributed by atoms with Crippen LogP contribution in [0, 0.1) is 13.8 Å². The molecule has 0 unspecified atom stereocenters. The van der Waals surface area contributed by atoms with Crippen molar-refractivity contribution in [1.82, 2.24) is 10.3 Å². The molecule has 0 saturated carbocycles. The summed E-state index contributed by atoms with van der Waals surface area (Å²) in [5.74, 6) is 0.250. The molecule has 2 N–H and O–H groups in total. The van der Waals surface area contributed by atoms with Gasteiger partial charge in [-0.1, -0.05) is 15.9 Å². The molecule has 0 saturated heterocycles. The zero-order chi connectivity index (χ0) is 20.8. The molecule has 0 radical (unpaired) electrons. The summed E-state index contributed by atoms with van der Waals surface area (Å²) >= 11 is 6.71. The van der Waals surface area contributed by atoms with Gasteiger partial charge in [-0.25, -0.2) is 4.98 Å². The van der Waals surface area contributed by atoms with Crippen LogP contribution in [0.5, 0.6) is 0 Å². The lowest BCUT2D eigenvalue weighted by atomic mass is 10.2. The predicted octanol–water partition coefficient (Wildman–Crippen LogP) is 5.18. The summed E-state index contributed by atoms with van der Waals surface area (Å²) in [6.07, 6.45) is 0. The second kappa shape index (κ2) is 10.0. The van der Waals surface area contributed by atoms with E-state index in [-0.39, 0.29) is 18.4 Å². The highest BCUT2D eigenvalue weighted by atomic mass is 79.9. The monoisotopic (exact) mass is 489 g/mol. The van der Waals surface area contributed by atoms with Crippen molar-refractivity contribution in [2.24, 2.45) is 0 Å². The lowest BCUT2D eigenvalue weighted by Gasteiger charge is -2.10. The average Bonchev–Trinajstić information content (AvgIpc) is 3.12. The van der Waals surface area contributed by atoms with Crippen LogP contribution in [0.1, 0.15) is 26.6 Å². The number of carbonyl (C=O) groups is 2. The Morgan fingerprint density at radius 2 is 1.90 bits per heavy atom. The number of aryl methyl sites for hydroxylation is 2. The number of hydrogen-bond acceptors (Lipinski definition) is 5. The lowest BCUT2D eigenvalue weighted by Crippen LogP contribution is -2.32. The van der Waals surface area contributed by atoms with E-state index < -0.39 is 0 Å². The molecule has 0 bridgehead atoms. The van der Waals surface area contributed by atoms with Crippen LogP contribution in [-0.4, -0.2) is 23.3 Å². The molecule has 0 spiro atoms. The van der Waals surface area contributed by atoms with E-state index in [1.54, 1.807) is 35.2 Å². The fourth-order valence-corrected chi connectivity index (χ4v) is 4.54. The summed E-state index contributed by atoms with van der Waals surface area (Å²) in [5, 5.41) is 8.58. The molecule has 0 aliphatic heterocycles. The molecule has 29 heavy (non-hydrogen) atoms. The Labute approximate surface area is 186 Å². The Morgan fingerprint density at radius 3 is 2.55 bits per heavy atom. The number of nitrogens with one attached hydrogen (secondary N) is 2. The van der Waals surface area contributed by atoms with E-state index in [1.807, 2.05) is 44.2 Å². The molecule has 0 aliphatic carbocycles. The Bertz CT molecular complexity index is 1020. The first-order valence-electron chi connectivity index (χ1n) is 8.89. The second-order valence-corrected chi connectivity index (χ2v) is 9.39. The highest BCUT2D eigenvalue weighted by molar-refractivity contribution is 9.10. The summed E-state index contributed by atoms with van der Waals surface area (Å²) in [7, 11) is 0. The molecular weight excluding hydrogens is 470 g/mol. The summed E-state index contributed by atoms with van der Waals surface area (Å²) in [5.41, 5.74) is 3.25. The minimum absolute atomic E-state index is 0.0893. The minimum Gasteiger partial charge on any atom is -0.343 e. The fourth-order valence-electron chi connectivity index (χ4n) is 2.56. The third kappa shape index (κ3) is 6.42. The van der Waals surface area contributed by atoms with Gasteiger partial charge in [-0.2, -0.15) is 0 Å². The van der Waals surface area contributed by atoms with Crippen LogP contribution in [0.25, 0.3) is 0 Å². The van der Waals surface area contributed by atoms with Crippen LogP contribution in [0.2, 0.25) is 0 Å². The van der Waals surface area contributed by atoms with Crippen molar-refractivity contribution in [1.29, 1.82) is 0 Å². The van der Waals surface area contributed by atoms with Gasteiger partial charge in [0.1, 0.15) is 0 Å². The zero-order valence-corrected chi connectivity index (χ0v) is 19.2. The fraction of sp³-hybridized carbons (Fsp3) is 0.190. The molecule has 1 heterocycles. The Balaban J connectivity index is 1.48. The highest BCUT2D eigenvalue weighted by Crippen LogP contribution is 2.24. The SMILES string of the molecule is Cc1nc(CSc2ccc(C(=O)NCC(=O)Nc3ccc(Br)cc3C)cc2)cs1. The van der Waals surface area contributed by atoms with Crippen molar-refractivity contribution >= 4 is 56.5 Å². The van der Waals surface area contributed by atoms with Gasteiger partial charge < -0.3 is 10.6 Å². The average molecular weight is 490 g/mol. The third-order valence-corrected chi connectivity index (χ3v) is 6.40. The van der Waals surface area contributed by atoms with E-state index >= 15 is 0 Å². The van der Waals surface area contributed by atoms with Gasteiger partial charge in [0.05, 0.1) is 17.2 Å². The van der Waals surface area contributed by atoms with Crippen molar-refractivity contribution in [2.45, 2.75) is 24.5 Å². The number of halogens is 1. The van der Waals surface area contributed by atoms with Crippen LogP contribution in [0.15, 0.2) is 57.2 Å². The van der Waals surface area contributed by atoms with E-state index in [4.69, 9.17) is 0 Å².